The third kappa shape index (κ3) is 6.84. The lowest BCUT2D eigenvalue weighted by Gasteiger charge is -2.17. The first-order valence-corrected chi connectivity index (χ1v) is 10.1. The summed E-state index contributed by atoms with van der Waals surface area (Å²) in [5, 5.41) is 4.09. The van der Waals surface area contributed by atoms with Crippen molar-refractivity contribution in [3.05, 3.63) is 58.6 Å². The van der Waals surface area contributed by atoms with Gasteiger partial charge in [0, 0.05) is 29.7 Å². The molecule has 1 fully saturated rings. The lowest BCUT2D eigenvalue weighted by atomic mass is 10.1. The maximum absolute atomic E-state index is 12.3. The Morgan fingerprint density at radius 2 is 1.48 bits per heavy atom. The molecule has 1 heterocycles. The molecule has 29 heavy (non-hydrogen) atoms. The zero-order chi connectivity index (χ0) is 20.6. The van der Waals surface area contributed by atoms with E-state index in [1.807, 2.05) is 0 Å². The number of amides is 2. The number of carbonyl (C=O) groups is 2. The highest BCUT2D eigenvalue weighted by Gasteiger charge is 2.26. The Balaban J connectivity index is 1.33. The van der Waals surface area contributed by atoms with Gasteiger partial charge in [-0.15, -0.1) is 0 Å². The van der Waals surface area contributed by atoms with E-state index in [-0.39, 0.29) is 30.9 Å². The van der Waals surface area contributed by atoms with Crippen LogP contribution < -0.4 is 14.8 Å². The maximum atomic E-state index is 12.3. The lowest BCUT2D eigenvalue weighted by Crippen LogP contribution is -2.36. The molecule has 2 aromatic rings. The molecule has 1 aliphatic rings. The van der Waals surface area contributed by atoms with Gasteiger partial charge in [0.2, 0.25) is 0 Å². The SMILES string of the molecule is O=C(COc1ccc(Cl)cc1)NC[C@H]1CCN(C(=O)COc2ccc(Cl)cc2)C1. The number of likely N-dealkylation sites (tertiary alicyclic amines) is 1. The van der Waals surface area contributed by atoms with Gasteiger partial charge in [0.25, 0.3) is 11.8 Å². The molecule has 0 bridgehead atoms. The Bertz CT molecular complexity index is 828. The molecule has 0 saturated carbocycles. The topological polar surface area (TPSA) is 67.9 Å². The third-order valence-electron chi connectivity index (χ3n) is 4.59. The van der Waals surface area contributed by atoms with E-state index in [2.05, 4.69) is 5.32 Å². The van der Waals surface area contributed by atoms with Crippen molar-refractivity contribution in [2.24, 2.45) is 5.92 Å². The highest BCUT2D eigenvalue weighted by molar-refractivity contribution is 6.30. The monoisotopic (exact) mass is 436 g/mol. The summed E-state index contributed by atoms with van der Waals surface area (Å²) < 4.78 is 10.9. The lowest BCUT2D eigenvalue weighted by molar-refractivity contribution is -0.132. The molecule has 0 aliphatic carbocycles. The summed E-state index contributed by atoms with van der Waals surface area (Å²) in [6.45, 7) is 1.68. The van der Waals surface area contributed by atoms with Crippen LogP contribution in [0.3, 0.4) is 0 Å². The summed E-state index contributed by atoms with van der Waals surface area (Å²) in [5.74, 6) is 1.14. The second kappa shape index (κ2) is 10.4. The standard InChI is InChI=1S/C21H22Cl2N2O4/c22-16-1-5-18(6-2-16)28-13-20(26)24-11-15-9-10-25(12-15)21(27)14-29-19-7-3-17(23)4-8-19/h1-8,15H,9-14H2,(H,24,26)/t15-/m1/s1. The zero-order valence-electron chi connectivity index (χ0n) is 15.8. The second-order valence-corrected chi connectivity index (χ2v) is 7.66. The molecule has 1 atom stereocenters. The van der Waals surface area contributed by atoms with Crippen molar-refractivity contribution in [1.29, 1.82) is 0 Å². The predicted molar refractivity (Wildman–Crippen MR) is 112 cm³/mol. The van der Waals surface area contributed by atoms with E-state index in [1.54, 1.807) is 53.4 Å². The number of hydrogen-bond acceptors (Lipinski definition) is 4. The van der Waals surface area contributed by atoms with Crippen LogP contribution in [0.2, 0.25) is 10.0 Å². The molecule has 2 aromatic carbocycles. The first kappa shape index (κ1) is 21.3. The van der Waals surface area contributed by atoms with E-state index in [0.717, 1.165) is 6.42 Å². The number of ether oxygens (including phenoxy) is 2. The molecule has 3 rings (SSSR count). The smallest absolute Gasteiger partial charge is 0.260 e. The quantitative estimate of drug-likeness (QED) is 0.688. The van der Waals surface area contributed by atoms with E-state index in [0.29, 0.717) is 41.2 Å². The van der Waals surface area contributed by atoms with E-state index in [9.17, 15) is 9.59 Å². The van der Waals surface area contributed by atoms with Crippen LogP contribution in [-0.4, -0.2) is 49.6 Å². The van der Waals surface area contributed by atoms with Crippen LogP contribution in [0.15, 0.2) is 48.5 Å². The summed E-state index contributed by atoms with van der Waals surface area (Å²) in [6.07, 6.45) is 0.838. The van der Waals surface area contributed by atoms with Crippen molar-refractivity contribution in [3.8, 4) is 11.5 Å². The van der Waals surface area contributed by atoms with Gasteiger partial charge in [-0.25, -0.2) is 0 Å². The normalized spacial score (nSPS) is 15.8. The van der Waals surface area contributed by atoms with E-state index < -0.39 is 0 Å². The van der Waals surface area contributed by atoms with Crippen LogP contribution in [-0.2, 0) is 9.59 Å². The van der Waals surface area contributed by atoms with Gasteiger partial charge in [-0.3, -0.25) is 9.59 Å². The number of hydrogen-bond donors (Lipinski definition) is 1. The summed E-state index contributed by atoms with van der Waals surface area (Å²) in [5.41, 5.74) is 0. The molecule has 0 spiro atoms. The van der Waals surface area contributed by atoms with Gasteiger partial charge in [0.15, 0.2) is 13.2 Å². The first-order chi connectivity index (χ1) is 14.0. The van der Waals surface area contributed by atoms with Crippen LogP contribution >= 0.6 is 23.2 Å². The van der Waals surface area contributed by atoms with Gasteiger partial charge in [-0.05, 0) is 60.9 Å². The van der Waals surface area contributed by atoms with Crippen molar-refractivity contribution in [1.82, 2.24) is 10.2 Å². The van der Waals surface area contributed by atoms with Crippen molar-refractivity contribution in [2.45, 2.75) is 6.42 Å². The Hall–Kier alpha value is -2.44. The van der Waals surface area contributed by atoms with Crippen LogP contribution in [0.4, 0.5) is 0 Å². The Labute approximate surface area is 179 Å². The molecule has 8 heteroatoms. The average molecular weight is 437 g/mol. The molecule has 0 unspecified atom stereocenters. The summed E-state index contributed by atoms with van der Waals surface area (Å²) in [7, 11) is 0. The zero-order valence-corrected chi connectivity index (χ0v) is 17.3. The molecule has 6 nitrogen and oxygen atoms in total. The molecule has 1 N–H and O–H groups in total. The van der Waals surface area contributed by atoms with Crippen LogP contribution in [0.25, 0.3) is 0 Å². The number of nitrogens with one attached hydrogen (secondary N) is 1. The number of halogens is 2. The van der Waals surface area contributed by atoms with Crippen molar-refractivity contribution < 1.29 is 19.1 Å². The van der Waals surface area contributed by atoms with Crippen molar-refractivity contribution >= 4 is 35.0 Å². The molecule has 0 aromatic heterocycles. The molecular weight excluding hydrogens is 415 g/mol. The van der Waals surface area contributed by atoms with Crippen molar-refractivity contribution in [2.75, 3.05) is 32.8 Å². The minimum atomic E-state index is -0.198. The third-order valence-corrected chi connectivity index (χ3v) is 5.09. The fraction of sp³-hybridized carbons (Fsp3) is 0.333. The Morgan fingerprint density at radius 1 is 0.931 bits per heavy atom. The molecule has 154 valence electrons. The van der Waals surface area contributed by atoms with E-state index >= 15 is 0 Å². The molecule has 1 aliphatic heterocycles. The number of benzene rings is 2. The Kier molecular flexibility index (Phi) is 7.61. The Morgan fingerprint density at radius 3 is 2.07 bits per heavy atom. The highest BCUT2D eigenvalue weighted by Crippen LogP contribution is 2.18. The first-order valence-electron chi connectivity index (χ1n) is 9.31. The van der Waals surface area contributed by atoms with Crippen molar-refractivity contribution in [3.63, 3.8) is 0 Å². The molecular formula is C21H22Cl2N2O4. The summed E-state index contributed by atoms with van der Waals surface area (Å²) in [6, 6.07) is 13.7. The fourth-order valence-electron chi connectivity index (χ4n) is 2.98. The maximum Gasteiger partial charge on any atom is 0.260 e. The fourth-order valence-corrected chi connectivity index (χ4v) is 3.23. The van der Waals surface area contributed by atoms with Crippen LogP contribution in [0.1, 0.15) is 6.42 Å². The second-order valence-electron chi connectivity index (χ2n) is 6.78. The minimum absolute atomic E-state index is 0.0182. The van der Waals surface area contributed by atoms with Gasteiger partial charge in [0.05, 0.1) is 0 Å². The highest BCUT2D eigenvalue weighted by atomic mass is 35.5. The summed E-state index contributed by atoms with van der Waals surface area (Å²) in [4.78, 5) is 26.0. The molecule has 0 radical (unpaired) electrons. The van der Waals surface area contributed by atoms with Gasteiger partial charge in [-0.2, -0.15) is 0 Å². The van der Waals surface area contributed by atoms with E-state index in [1.165, 1.54) is 0 Å². The average Bonchev–Trinajstić information content (AvgIpc) is 3.20. The number of rotatable bonds is 8. The number of nitrogens with zero attached hydrogens (tertiary/aromatic N) is 1. The largest absolute Gasteiger partial charge is 0.484 e. The minimum Gasteiger partial charge on any atom is -0.484 e. The van der Waals surface area contributed by atoms with Gasteiger partial charge >= 0.3 is 0 Å². The van der Waals surface area contributed by atoms with Gasteiger partial charge in [0.1, 0.15) is 11.5 Å². The number of carbonyl (C=O) groups excluding carboxylic acids is 2. The van der Waals surface area contributed by atoms with Gasteiger partial charge < -0.3 is 19.7 Å². The predicted octanol–water partition coefficient (Wildman–Crippen LogP) is 3.42. The summed E-state index contributed by atoms with van der Waals surface area (Å²) >= 11 is 11.6. The van der Waals surface area contributed by atoms with Gasteiger partial charge in [-0.1, -0.05) is 23.2 Å². The van der Waals surface area contributed by atoms with E-state index in [4.69, 9.17) is 32.7 Å². The molecule has 2 amide bonds. The molecule has 1 saturated heterocycles. The van der Waals surface area contributed by atoms with Crippen LogP contribution in [0, 0.1) is 5.92 Å². The van der Waals surface area contributed by atoms with Crippen LogP contribution in [0.5, 0.6) is 11.5 Å².